The SMILES string of the molecule is CC(C)(C)c1ccc(CP(Oc2ccc(C(C)(C)C)cc2C(C)(C)C)c2cccc(-c3ccc(P(Oc4ccc(C(C)(C)C)cc4C(C)(C)C)Oc4ccc(C(C)(C)C)cc4C(C)(C)C)cc3)c2)c(C(C)(C)C)c1. The van der Waals surface area contributed by atoms with E-state index in [1.54, 1.807) is 0 Å². The molecule has 0 bridgehead atoms. The van der Waals surface area contributed by atoms with Crippen molar-refractivity contribution in [1.29, 1.82) is 0 Å². The molecule has 6 aromatic rings. The Kier molecular flexibility index (Phi) is 16.8. The monoisotopic (exact) mass is 1030 g/mol. The van der Waals surface area contributed by atoms with Crippen LogP contribution in [-0.2, 0) is 49.5 Å². The third kappa shape index (κ3) is 14.5. The van der Waals surface area contributed by atoms with Gasteiger partial charge in [-0.25, -0.2) is 0 Å². The van der Waals surface area contributed by atoms with Gasteiger partial charge in [0.15, 0.2) is 0 Å². The molecular weight excluding hydrogens is 939 g/mol. The summed E-state index contributed by atoms with van der Waals surface area (Å²) in [7, 11) is -2.80. The standard InChI is InChI=1S/C69H94O3P2/c1-62(2,3)49-31-28-48(55(41-49)66(13,14)15)45-73(70-59-37-32-50(63(4,5)6)42-56(59)67(16,17)18)54-27-25-26-47(40-54)46-29-35-53(36-30-46)74(71-60-38-33-51(64(7,8)9)43-57(60)68(19,20)21)72-61-39-34-52(65(10,11)12)44-58(61)69(22,23)24/h25-44H,45H2,1-24H3. The normalized spacial score (nSPS) is 13.8. The molecule has 0 aliphatic carbocycles. The maximum atomic E-state index is 7.50. The first kappa shape index (κ1) is 58.8. The average molecular weight is 1030 g/mol. The number of benzene rings is 6. The minimum absolute atomic E-state index is 0.00323. The van der Waals surface area contributed by atoms with Crippen LogP contribution in [0.5, 0.6) is 17.2 Å². The molecule has 74 heavy (non-hydrogen) atoms. The third-order valence-electron chi connectivity index (χ3n) is 14.2. The van der Waals surface area contributed by atoms with E-state index in [1.807, 2.05) is 0 Å². The zero-order valence-electron chi connectivity index (χ0n) is 50.4. The first-order valence-corrected chi connectivity index (χ1v) is 29.7. The van der Waals surface area contributed by atoms with E-state index in [-0.39, 0.29) is 43.3 Å². The van der Waals surface area contributed by atoms with Crippen molar-refractivity contribution in [2.75, 3.05) is 0 Å². The van der Waals surface area contributed by atoms with Gasteiger partial charge in [0.2, 0.25) is 0 Å². The van der Waals surface area contributed by atoms with Crippen molar-refractivity contribution >= 4 is 27.1 Å². The number of hydrogen-bond donors (Lipinski definition) is 0. The van der Waals surface area contributed by atoms with Crippen molar-refractivity contribution in [3.05, 3.63) is 171 Å². The summed E-state index contributed by atoms with van der Waals surface area (Å²) in [5, 5.41) is 2.21. The van der Waals surface area contributed by atoms with Crippen molar-refractivity contribution in [1.82, 2.24) is 0 Å². The van der Waals surface area contributed by atoms with E-state index < -0.39 is 16.5 Å². The topological polar surface area (TPSA) is 27.7 Å². The Morgan fingerprint density at radius 1 is 0.297 bits per heavy atom. The Morgan fingerprint density at radius 2 is 0.649 bits per heavy atom. The van der Waals surface area contributed by atoms with Gasteiger partial charge in [0, 0.05) is 28.2 Å². The smallest absolute Gasteiger partial charge is 0.326 e. The van der Waals surface area contributed by atoms with Gasteiger partial charge in [-0.15, -0.1) is 0 Å². The van der Waals surface area contributed by atoms with Crippen molar-refractivity contribution in [2.45, 2.75) is 216 Å². The highest BCUT2D eigenvalue weighted by Crippen LogP contribution is 2.50. The molecule has 5 heteroatoms. The highest BCUT2D eigenvalue weighted by atomic mass is 31.2. The molecule has 1 atom stereocenters. The molecule has 0 N–H and O–H groups in total. The fourth-order valence-electron chi connectivity index (χ4n) is 9.23. The predicted octanol–water partition coefficient (Wildman–Crippen LogP) is 20.1. The van der Waals surface area contributed by atoms with Crippen LogP contribution in [0.25, 0.3) is 11.1 Å². The molecule has 0 aliphatic heterocycles. The van der Waals surface area contributed by atoms with Gasteiger partial charge in [-0.1, -0.05) is 251 Å². The van der Waals surface area contributed by atoms with Gasteiger partial charge >= 0.3 is 8.38 Å². The summed E-state index contributed by atoms with van der Waals surface area (Å²) >= 11 is 0. The molecule has 398 valence electrons. The molecule has 0 aromatic heterocycles. The second-order valence-corrected chi connectivity index (χ2v) is 32.3. The third-order valence-corrected chi connectivity index (χ3v) is 17.5. The maximum Gasteiger partial charge on any atom is 0.326 e. The van der Waals surface area contributed by atoms with Crippen molar-refractivity contribution in [3.8, 4) is 28.4 Å². The molecule has 0 fully saturated rings. The quantitative estimate of drug-likeness (QED) is 0.121. The minimum Gasteiger partial charge on any atom is -0.469 e. The lowest BCUT2D eigenvalue weighted by atomic mass is 9.79. The van der Waals surface area contributed by atoms with Crippen LogP contribution < -0.4 is 24.2 Å². The molecule has 0 aliphatic rings. The van der Waals surface area contributed by atoms with E-state index in [4.69, 9.17) is 13.6 Å². The van der Waals surface area contributed by atoms with Crippen LogP contribution in [0, 0.1) is 0 Å². The van der Waals surface area contributed by atoms with Gasteiger partial charge in [-0.3, -0.25) is 0 Å². The van der Waals surface area contributed by atoms with Gasteiger partial charge in [-0.2, -0.15) is 0 Å². The lowest BCUT2D eigenvalue weighted by Crippen LogP contribution is -2.20. The Balaban J connectivity index is 1.47. The highest BCUT2D eigenvalue weighted by molar-refractivity contribution is 7.60. The molecule has 6 aromatic carbocycles. The molecular formula is C69H94O3P2. The Morgan fingerprint density at radius 3 is 1.01 bits per heavy atom. The first-order chi connectivity index (χ1) is 33.7. The molecule has 0 radical (unpaired) electrons. The van der Waals surface area contributed by atoms with E-state index >= 15 is 0 Å². The minimum atomic E-state index is -1.63. The van der Waals surface area contributed by atoms with E-state index in [2.05, 4.69) is 287 Å². The molecule has 6 rings (SSSR count). The molecule has 0 amide bonds. The van der Waals surface area contributed by atoms with Crippen molar-refractivity contribution in [3.63, 3.8) is 0 Å². The van der Waals surface area contributed by atoms with Gasteiger partial charge in [-0.05, 0) is 124 Å². The largest absolute Gasteiger partial charge is 0.469 e. The summed E-state index contributed by atoms with van der Waals surface area (Å²) in [6.45, 7) is 55.0. The second-order valence-electron chi connectivity index (χ2n) is 29.2. The van der Waals surface area contributed by atoms with Crippen LogP contribution in [0.1, 0.15) is 216 Å². The second kappa shape index (κ2) is 21.2. The summed E-state index contributed by atoms with van der Waals surface area (Å²) in [6.07, 6.45) is 0.791. The molecule has 0 spiro atoms. The van der Waals surface area contributed by atoms with E-state index in [0.717, 1.165) is 39.8 Å². The predicted molar refractivity (Wildman–Crippen MR) is 326 cm³/mol. The van der Waals surface area contributed by atoms with Gasteiger partial charge < -0.3 is 13.6 Å². The Bertz CT molecular complexity index is 2750. The molecule has 0 saturated carbocycles. The van der Waals surface area contributed by atoms with Crippen LogP contribution in [-0.4, -0.2) is 0 Å². The van der Waals surface area contributed by atoms with Gasteiger partial charge in [0.25, 0.3) is 0 Å². The fourth-order valence-corrected chi connectivity index (χ4v) is 12.4. The zero-order valence-corrected chi connectivity index (χ0v) is 52.2. The first-order valence-electron chi connectivity index (χ1n) is 27.1. The van der Waals surface area contributed by atoms with Gasteiger partial charge in [0.1, 0.15) is 25.4 Å². The van der Waals surface area contributed by atoms with Crippen LogP contribution in [0.2, 0.25) is 0 Å². The van der Waals surface area contributed by atoms with E-state index in [9.17, 15) is 0 Å². The number of hydrogen-bond acceptors (Lipinski definition) is 3. The lowest BCUT2D eigenvalue weighted by Gasteiger charge is -2.31. The lowest BCUT2D eigenvalue weighted by molar-refractivity contribution is 0.466. The highest BCUT2D eigenvalue weighted by Gasteiger charge is 2.32. The molecule has 3 nitrogen and oxygen atoms in total. The fraction of sp³-hybridized carbons (Fsp3) is 0.478. The van der Waals surface area contributed by atoms with Crippen LogP contribution >= 0.6 is 16.5 Å². The Hall–Kier alpha value is -4.42. The summed E-state index contributed by atoms with van der Waals surface area (Å²) < 4.78 is 22.0. The summed E-state index contributed by atoms with van der Waals surface area (Å²) in [4.78, 5) is 0. The molecule has 0 heterocycles. The van der Waals surface area contributed by atoms with Crippen molar-refractivity contribution in [2.24, 2.45) is 0 Å². The van der Waals surface area contributed by atoms with E-state index in [0.29, 0.717) is 0 Å². The zero-order chi connectivity index (χ0) is 55.4. The summed E-state index contributed by atoms with van der Waals surface area (Å²) in [5.74, 6) is 2.68. The van der Waals surface area contributed by atoms with Crippen LogP contribution in [0.4, 0.5) is 0 Å². The van der Waals surface area contributed by atoms with E-state index in [1.165, 1.54) is 55.4 Å². The molecule has 0 saturated heterocycles. The summed E-state index contributed by atoms with van der Waals surface area (Å²) in [5.41, 5.74) is 13.4. The van der Waals surface area contributed by atoms with Gasteiger partial charge in [0.05, 0.1) is 5.30 Å². The average Bonchev–Trinajstić information content (AvgIpc) is 3.26. The maximum absolute atomic E-state index is 7.50. The summed E-state index contributed by atoms with van der Waals surface area (Å²) in [6, 6.07) is 45.5. The van der Waals surface area contributed by atoms with Crippen molar-refractivity contribution < 1.29 is 13.6 Å². The molecule has 1 unspecified atom stereocenters. The van der Waals surface area contributed by atoms with Crippen LogP contribution in [0.3, 0.4) is 0 Å². The van der Waals surface area contributed by atoms with Crippen LogP contribution in [0.15, 0.2) is 121 Å². The number of rotatable bonds is 11. The Labute approximate surface area is 453 Å².